The van der Waals surface area contributed by atoms with Crippen LogP contribution in [0.1, 0.15) is 12.8 Å². The quantitative estimate of drug-likeness (QED) is 0.504. The molecule has 28 heavy (non-hydrogen) atoms. The summed E-state index contributed by atoms with van der Waals surface area (Å²) in [6, 6.07) is 3.40. The van der Waals surface area contributed by atoms with Gasteiger partial charge < -0.3 is 15.7 Å². The Labute approximate surface area is 159 Å². The first kappa shape index (κ1) is 17.6. The first-order valence-electron chi connectivity index (χ1n) is 8.78. The summed E-state index contributed by atoms with van der Waals surface area (Å²) in [4.78, 5) is 35.6. The van der Waals surface area contributed by atoms with Crippen molar-refractivity contribution in [3.8, 4) is 11.3 Å². The number of rotatable bonds is 6. The van der Waals surface area contributed by atoms with Gasteiger partial charge in [0.2, 0.25) is 0 Å². The first-order chi connectivity index (χ1) is 13.6. The summed E-state index contributed by atoms with van der Waals surface area (Å²) in [5.41, 5.74) is 2.32. The number of anilines is 1. The number of pyridine rings is 1. The molecule has 3 aromatic heterocycles. The van der Waals surface area contributed by atoms with E-state index in [4.69, 9.17) is 5.11 Å². The number of fused-ring (bicyclic) bond motifs is 1. The van der Waals surface area contributed by atoms with Crippen LogP contribution < -0.4 is 16.0 Å². The maximum absolute atomic E-state index is 11.9. The van der Waals surface area contributed by atoms with E-state index in [0.717, 1.165) is 18.4 Å². The van der Waals surface area contributed by atoms with E-state index in [1.807, 2.05) is 0 Å². The zero-order valence-corrected chi connectivity index (χ0v) is 14.8. The maximum Gasteiger partial charge on any atom is 0.404 e. The Morgan fingerprint density at radius 2 is 2.07 bits per heavy atom. The molecule has 4 N–H and O–H groups in total. The average molecular weight is 382 g/mol. The van der Waals surface area contributed by atoms with Gasteiger partial charge >= 0.3 is 12.1 Å². The van der Waals surface area contributed by atoms with E-state index in [0.29, 0.717) is 29.2 Å². The Morgan fingerprint density at radius 1 is 1.21 bits per heavy atom. The largest absolute Gasteiger partial charge is 0.465 e. The SMILES string of the molecule is O=C(O)NCCn1cc(-c2cnc3ccc(NC(=O)NC4CC4)nc3n2)cn1. The zero-order valence-electron chi connectivity index (χ0n) is 14.8. The van der Waals surface area contributed by atoms with Crippen LogP contribution in [-0.2, 0) is 6.54 Å². The highest BCUT2D eigenvalue weighted by Gasteiger charge is 2.23. The van der Waals surface area contributed by atoms with Crippen LogP contribution >= 0.6 is 0 Å². The van der Waals surface area contributed by atoms with Gasteiger partial charge in [-0.05, 0) is 25.0 Å². The molecule has 0 aliphatic heterocycles. The van der Waals surface area contributed by atoms with Gasteiger partial charge in [-0.3, -0.25) is 15.0 Å². The molecule has 11 nitrogen and oxygen atoms in total. The molecular formula is C17H18N8O3. The van der Waals surface area contributed by atoms with Crippen molar-refractivity contribution >= 4 is 29.1 Å². The van der Waals surface area contributed by atoms with Crippen LogP contribution in [0.25, 0.3) is 22.4 Å². The van der Waals surface area contributed by atoms with Gasteiger partial charge in [-0.15, -0.1) is 0 Å². The monoisotopic (exact) mass is 382 g/mol. The third kappa shape index (κ3) is 4.31. The van der Waals surface area contributed by atoms with Crippen molar-refractivity contribution in [1.29, 1.82) is 0 Å². The van der Waals surface area contributed by atoms with Crippen LogP contribution in [0.3, 0.4) is 0 Å². The van der Waals surface area contributed by atoms with Crippen molar-refractivity contribution in [3.63, 3.8) is 0 Å². The van der Waals surface area contributed by atoms with Crippen molar-refractivity contribution in [2.75, 3.05) is 11.9 Å². The molecule has 0 atom stereocenters. The van der Waals surface area contributed by atoms with Crippen LogP contribution in [0.5, 0.6) is 0 Å². The third-order valence-electron chi connectivity index (χ3n) is 4.11. The van der Waals surface area contributed by atoms with Crippen molar-refractivity contribution in [1.82, 2.24) is 35.4 Å². The molecule has 3 amide bonds. The molecule has 0 aromatic carbocycles. The minimum atomic E-state index is -1.07. The van der Waals surface area contributed by atoms with E-state index >= 15 is 0 Å². The number of amides is 3. The average Bonchev–Trinajstić information content (AvgIpc) is 3.34. The lowest BCUT2D eigenvalue weighted by molar-refractivity contribution is 0.194. The highest BCUT2D eigenvalue weighted by Crippen LogP contribution is 2.20. The van der Waals surface area contributed by atoms with Gasteiger partial charge in [-0.25, -0.2) is 19.6 Å². The van der Waals surface area contributed by atoms with Crippen LogP contribution in [0.15, 0.2) is 30.7 Å². The van der Waals surface area contributed by atoms with E-state index in [1.54, 1.807) is 35.4 Å². The summed E-state index contributed by atoms with van der Waals surface area (Å²) < 4.78 is 1.62. The molecule has 0 unspecified atom stereocenters. The van der Waals surface area contributed by atoms with Gasteiger partial charge in [0.05, 0.1) is 24.6 Å². The van der Waals surface area contributed by atoms with Crippen molar-refractivity contribution < 1.29 is 14.7 Å². The van der Waals surface area contributed by atoms with Crippen LogP contribution in [0.2, 0.25) is 0 Å². The zero-order chi connectivity index (χ0) is 19.5. The van der Waals surface area contributed by atoms with E-state index < -0.39 is 6.09 Å². The fourth-order valence-electron chi connectivity index (χ4n) is 2.57. The van der Waals surface area contributed by atoms with E-state index in [2.05, 4.69) is 36.0 Å². The first-order valence-corrected chi connectivity index (χ1v) is 8.78. The van der Waals surface area contributed by atoms with Crippen LogP contribution in [0, 0.1) is 0 Å². The minimum Gasteiger partial charge on any atom is -0.465 e. The number of hydrogen-bond donors (Lipinski definition) is 4. The number of carbonyl (C=O) groups excluding carboxylic acids is 1. The molecule has 1 aliphatic carbocycles. The highest BCUT2D eigenvalue weighted by atomic mass is 16.4. The predicted molar refractivity (Wildman–Crippen MR) is 99.8 cm³/mol. The van der Waals surface area contributed by atoms with Gasteiger partial charge in [0.1, 0.15) is 11.3 Å². The molecule has 1 saturated carbocycles. The summed E-state index contributed by atoms with van der Waals surface area (Å²) in [6.07, 6.45) is 5.94. The lowest BCUT2D eigenvalue weighted by Gasteiger charge is -2.06. The Morgan fingerprint density at radius 3 is 2.86 bits per heavy atom. The molecule has 144 valence electrons. The van der Waals surface area contributed by atoms with E-state index in [-0.39, 0.29) is 18.6 Å². The smallest absolute Gasteiger partial charge is 0.404 e. The summed E-state index contributed by atoms with van der Waals surface area (Å²) in [6.45, 7) is 0.648. The van der Waals surface area contributed by atoms with Crippen molar-refractivity contribution in [3.05, 3.63) is 30.7 Å². The van der Waals surface area contributed by atoms with Crippen molar-refractivity contribution in [2.45, 2.75) is 25.4 Å². The number of nitrogens with one attached hydrogen (secondary N) is 3. The Hall–Kier alpha value is -3.76. The van der Waals surface area contributed by atoms with E-state index in [1.165, 1.54) is 0 Å². The maximum atomic E-state index is 11.9. The van der Waals surface area contributed by atoms with Crippen LogP contribution in [0.4, 0.5) is 15.4 Å². The molecule has 1 fully saturated rings. The van der Waals surface area contributed by atoms with Gasteiger partial charge in [0.15, 0.2) is 5.65 Å². The Kier molecular flexibility index (Phi) is 4.70. The highest BCUT2D eigenvalue weighted by molar-refractivity contribution is 5.89. The number of carbonyl (C=O) groups is 2. The number of hydrogen-bond acceptors (Lipinski definition) is 6. The minimum absolute atomic E-state index is 0.249. The number of carboxylic acid groups (broad SMARTS) is 1. The van der Waals surface area contributed by atoms with Gasteiger partial charge in [0, 0.05) is 24.3 Å². The summed E-state index contributed by atoms with van der Waals surface area (Å²) >= 11 is 0. The molecule has 0 radical (unpaired) electrons. The second-order valence-electron chi connectivity index (χ2n) is 6.39. The molecule has 3 heterocycles. The number of nitrogens with zero attached hydrogens (tertiary/aromatic N) is 5. The fourth-order valence-corrected chi connectivity index (χ4v) is 2.57. The summed E-state index contributed by atoms with van der Waals surface area (Å²) in [5, 5.41) is 20.6. The molecule has 0 saturated heterocycles. The standard InChI is InChI=1S/C17H18N8O3/c26-16(21-11-1-2-11)24-14-4-3-12-15(23-14)22-13(8-19-12)10-7-20-25(9-10)6-5-18-17(27)28/h3-4,7-9,11,18H,1-2,5-6H2,(H,27,28)(H2,21,22,23,24,26). The van der Waals surface area contributed by atoms with Gasteiger partial charge in [0.25, 0.3) is 0 Å². The van der Waals surface area contributed by atoms with E-state index in [9.17, 15) is 9.59 Å². The lowest BCUT2D eigenvalue weighted by Crippen LogP contribution is -2.30. The third-order valence-corrected chi connectivity index (χ3v) is 4.11. The Balaban J connectivity index is 1.49. The lowest BCUT2D eigenvalue weighted by atomic mass is 10.2. The fraction of sp³-hybridized carbons (Fsp3) is 0.294. The molecule has 0 bridgehead atoms. The normalized spacial score (nSPS) is 13.3. The summed E-state index contributed by atoms with van der Waals surface area (Å²) in [7, 11) is 0. The second-order valence-corrected chi connectivity index (χ2v) is 6.39. The predicted octanol–water partition coefficient (Wildman–Crippen LogP) is 1.44. The molecule has 4 rings (SSSR count). The molecule has 3 aromatic rings. The molecule has 0 spiro atoms. The van der Waals surface area contributed by atoms with Gasteiger partial charge in [-0.2, -0.15) is 5.10 Å². The Bertz CT molecular complexity index is 1030. The number of aromatic nitrogens is 5. The van der Waals surface area contributed by atoms with Gasteiger partial charge in [-0.1, -0.05) is 0 Å². The topological polar surface area (TPSA) is 147 Å². The molecule has 1 aliphatic rings. The summed E-state index contributed by atoms with van der Waals surface area (Å²) in [5.74, 6) is 0.396. The number of urea groups is 1. The second kappa shape index (κ2) is 7.47. The van der Waals surface area contributed by atoms with Crippen LogP contribution in [-0.4, -0.2) is 54.5 Å². The molecule has 11 heteroatoms. The molecular weight excluding hydrogens is 364 g/mol. The van der Waals surface area contributed by atoms with Crippen molar-refractivity contribution in [2.24, 2.45) is 0 Å².